The molecule has 0 bridgehead atoms. The summed E-state index contributed by atoms with van der Waals surface area (Å²) < 4.78 is 5.72. The summed E-state index contributed by atoms with van der Waals surface area (Å²) in [4.78, 5) is 4.73. The quantitative estimate of drug-likeness (QED) is 0.840. The number of hydrogen-bond donors (Lipinski definition) is 1. The number of nitrogen functional groups attached to an aromatic ring is 1. The van der Waals surface area contributed by atoms with Gasteiger partial charge in [-0.3, -0.25) is 0 Å². The van der Waals surface area contributed by atoms with E-state index in [0.717, 1.165) is 37.6 Å². The lowest BCUT2D eigenvalue weighted by Gasteiger charge is -2.37. The molecule has 1 heterocycles. The van der Waals surface area contributed by atoms with Crippen molar-refractivity contribution in [3.8, 4) is 5.75 Å². The number of benzene rings is 1. The molecule has 0 aromatic heterocycles. The second-order valence-electron chi connectivity index (χ2n) is 5.81. The number of nitrogens with zero attached hydrogens (tertiary/aromatic N) is 2. The monoisotopic (exact) mass is 277 g/mol. The molecule has 1 atom stereocenters. The minimum Gasteiger partial charge on any atom is -0.493 e. The van der Waals surface area contributed by atoms with Gasteiger partial charge in [-0.05, 0) is 39.4 Å². The summed E-state index contributed by atoms with van der Waals surface area (Å²) in [6.07, 6.45) is 3.50. The smallest absolute Gasteiger partial charge is 0.123 e. The first-order valence-electron chi connectivity index (χ1n) is 7.55. The van der Waals surface area contributed by atoms with Crippen molar-refractivity contribution in [2.24, 2.45) is 0 Å². The van der Waals surface area contributed by atoms with E-state index in [1.807, 2.05) is 6.07 Å². The Morgan fingerprint density at radius 3 is 2.85 bits per heavy atom. The van der Waals surface area contributed by atoms with Crippen molar-refractivity contribution < 1.29 is 4.74 Å². The summed E-state index contributed by atoms with van der Waals surface area (Å²) in [5, 5.41) is 0. The topological polar surface area (TPSA) is 41.7 Å². The number of ether oxygens (including phenoxy) is 1. The summed E-state index contributed by atoms with van der Waals surface area (Å²) in [6.45, 7) is 5.01. The second-order valence-corrected chi connectivity index (χ2v) is 5.81. The lowest BCUT2D eigenvalue weighted by Crippen LogP contribution is -2.45. The third-order valence-corrected chi connectivity index (χ3v) is 3.88. The van der Waals surface area contributed by atoms with Gasteiger partial charge < -0.3 is 20.3 Å². The number of likely N-dealkylation sites (N-methyl/N-ethyl adjacent to an activating group) is 1. The summed E-state index contributed by atoms with van der Waals surface area (Å²) in [6, 6.07) is 6.69. The molecule has 0 spiro atoms. The third-order valence-electron chi connectivity index (χ3n) is 3.88. The Balaban J connectivity index is 2.12. The fourth-order valence-corrected chi connectivity index (χ4v) is 2.70. The summed E-state index contributed by atoms with van der Waals surface area (Å²) in [7, 11) is 4.31. The van der Waals surface area contributed by atoms with Gasteiger partial charge in [0, 0.05) is 42.6 Å². The Morgan fingerprint density at radius 1 is 1.35 bits per heavy atom. The van der Waals surface area contributed by atoms with Gasteiger partial charge in [0.1, 0.15) is 5.75 Å². The predicted octanol–water partition coefficient (Wildman–Crippen LogP) is 2.59. The maximum atomic E-state index is 6.02. The van der Waals surface area contributed by atoms with Crippen LogP contribution in [0.15, 0.2) is 18.2 Å². The van der Waals surface area contributed by atoms with E-state index in [2.05, 4.69) is 43.0 Å². The number of piperidine rings is 1. The highest BCUT2D eigenvalue weighted by Crippen LogP contribution is 2.28. The Kier molecular flexibility index (Phi) is 5.12. The Morgan fingerprint density at radius 2 is 2.15 bits per heavy atom. The van der Waals surface area contributed by atoms with Crippen LogP contribution in [-0.4, -0.2) is 44.7 Å². The van der Waals surface area contributed by atoms with Crippen LogP contribution < -0.4 is 15.4 Å². The lowest BCUT2D eigenvalue weighted by molar-refractivity contribution is 0.258. The predicted molar refractivity (Wildman–Crippen MR) is 85.6 cm³/mol. The van der Waals surface area contributed by atoms with E-state index >= 15 is 0 Å². The molecule has 0 radical (unpaired) electrons. The maximum absolute atomic E-state index is 6.02. The van der Waals surface area contributed by atoms with Gasteiger partial charge in [-0.2, -0.15) is 0 Å². The van der Waals surface area contributed by atoms with Crippen molar-refractivity contribution in [2.45, 2.75) is 32.2 Å². The van der Waals surface area contributed by atoms with Gasteiger partial charge in [-0.1, -0.05) is 6.92 Å². The molecule has 1 aliphatic heterocycles. The molecule has 0 amide bonds. The van der Waals surface area contributed by atoms with Crippen LogP contribution in [0.3, 0.4) is 0 Å². The Bertz CT molecular complexity index is 434. The highest BCUT2D eigenvalue weighted by Gasteiger charge is 2.22. The fourth-order valence-electron chi connectivity index (χ4n) is 2.70. The molecule has 20 heavy (non-hydrogen) atoms. The molecule has 1 aliphatic rings. The van der Waals surface area contributed by atoms with Crippen molar-refractivity contribution in [2.75, 3.05) is 44.4 Å². The van der Waals surface area contributed by atoms with Crippen molar-refractivity contribution in [1.29, 1.82) is 0 Å². The number of hydrogen-bond acceptors (Lipinski definition) is 4. The van der Waals surface area contributed by atoms with Crippen LogP contribution >= 0.6 is 0 Å². The zero-order chi connectivity index (χ0) is 14.5. The zero-order valence-corrected chi connectivity index (χ0v) is 12.9. The van der Waals surface area contributed by atoms with Crippen LogP contribution in [-0.2, 0) is 0 Å². The van der Waals surface area contributed by atoms with Gasteiger partial charge in [0.05, 0.1) is 6.61 Å². The first kappa shape index (κ1) is 15.0. The fraction of sp³-hybridized carbons (Fsp3) is 0.625. The van der Waals surface area contributed by atoms with Gasteiger partial charge in [-0.25, -0.2) is 0 Å². The minimum atomic E-state index is 0.616. The molecule has 1 fully saturated rings. The molecule has 0 saturated carbocycles. The SMILES string of the molecule is CCCOc1cc(N)cc(N2CCCC(N(C)C)C2)c1. The number of anilines is 2. The third kappa shape index (κ3) is 3.79. The van der Waals surface area contributed by atoms with Gasteiger partial charge in [0.2, 0.25) is 0 Å². The van der Waals surface area contributed by atoms with Crippen molar-refractivity contribution in [3.05, 3.63) is 18.2 Å². The van der Waals surface area contributed by atoms with Crippen LogP contribution in [0.25, 0.3) is 0 Å². The van der Waals surface area contributed by atoms with Crippen LogP contribution in [0.2, 0.25) is 0 Å². The van der Waals surface area contributed by atoms with Gasteiger partial charge in [0.15, 0.2) is 0 Å². The molecule has 4 nitrogen and oxygen atoms in total. The molecule has 1 aromatic rings. The summed E-state index contributed by atoms with van der Waals surface area (Å²) in [5.41, 5.74) is 7.98. The van der Waals surface area contributed by atoms with E-state index < -0.39 is 0 Å². The van der Waals surface area contributed by atoms with Crippen LogP contribution in [0.5, 0.6) is 5.75 Å². The van der Waals surface area contributed by atoms with Crippen LogP contribution in [0.1, 0.15) is 26.2 Å². The number of rotatable bonds is 5. The molecular formula is C16H27N3O. The second kappa shape index (κ2) is 6.84. The van der Waals surface area contributed by atoms with E-state index in [0.29, 0.717) is 6.04 Å². The van der Waals surface area contributed by atoms with Gasteiger partial charge >= 0.3 is 0 Å². The van der Waals surface area contributed by atoms with E-state index in [1.54, 1.807) is 0 Å². The van der Waals surface area contributed by atoms with Crippen LogP contribution in [0.4, 0.5) is 11.4 Å². The van der Waals surface area contributed by atoms with E-state index in [-0.39, 0.29) is 0 Å². The lowest BCUT2D eigenvalue weighted by atomic mass is 10.0. The number of nitrogens with two attached hydrogens (primary N) is 1. The first-order valence-corrected chi connectivity index (χ1v) is 7.55. The highest BCUT2D eigenvalue weighted by atomic mass is 16.5. The molecule has 1 unspecified atom stereocenters. The van der Waals surface area contributed by atoms with E-state index in [4.69, 9.17) is 10.5 Å². The average molecular weight is 277 g/mol. The zero-order valence-electron chi connectivity index (χ0n) is 12.9. The molecule has 2 N–H and O–H groups in total. The highest BCUT2D eigenvalue weighted by molar-refractivity contribution is 5.60. The van der Waals surface area contributed by atoms with Gasteiger partial charge in [-0.15, -0.1) is 0 Å². The molecule has 1 saturated heterocycles. The minimum absolute atomic E-state index is 0.616. The molecule has 1 aromatic carbocycles. The normalized spacial score (nSPS) is 19.4. The largest absolute Gasteiger partial charge is 0.493 e. The molecule has 2 rings (SSSR count). The maximum Gasteiger partial charge on any atom is 0.123 e. The summed E-state index contributed by atoms with van der Waals surface area (Å²) >= 11 is 0. The summed E-state index contributed by atoms with van der Waals surface area (Å²) in [5.74, 6) is 0.883. The van der Waals surface area contributed by atoms with Crippen molar-refractivity contribution in [1.82, 2.24) is 4.90 Å². The first-order chi connectivity index (χ1) is 9.60. The molecule has 0 aliphatic carbocycles. The van der Waals surface area contributed by atoms with E-state index in [1.165, 1.54) is 18.5 Å². The molecular weight excluding hydrogens is 250 g/mol. The van der Waals surface area contributed by atoms with Crippen molar-refractivity contribution >= 4 is 11.4 Å². The van der Waals surface area contributed by atoms with Crippen molar-refractivity contribution in [3.63, 3.8) is 0 Å². The molecule has 4 heteroatoms. The Labute approximate surface area is 122 Å². The Hall–Kier alpha value is -1.42. The average Bonchev–Trinajstić information content (AvgIpc) is 2.44. The standard InChI is InChI=1S/C16H27N3O/c1-4-8-20-16-10-13(17)9-15(11-16)19-7-5-6-14(12-19)18(2)3/h9-11,14H,4-8,12,17H2,1-3H3. The molecule has 112 valence electrons. The van der Waals surface area contributed by atoms with Crippen LogP contribution in [0, 0.1) is 0 Å². The van der Waals surface area contributed by atoms with Gasteiger partial charge in [0.25, 0.3) is 0 Å². The van der Waals surface area contributed by atoms with E-state index in [9.17, 15) is 0 Å².